The van der Waals surface area contributed by atoms with E-state index in [0.29, 0.717) is 13.1 Å². The molecule has 5 nitrogen and oxygen atoms in total. The van der Waals surface area contributed by atoms with Crippen LogP contribution in [-0.4, -0.2) is 42.0 Å². The summed E-state index contributed by atoms with van der Waals surface area (Å²) < 4.78 is 4.72. The van der Waals surface area contributed by atoms with Gasteiger partial charge >= 0.3 is 11.9 Å². The van der Waals surface area contributed by atoms with Crippen molar-refractivity contribution in [1.82, 2.24) is 5.06 Å². The number of methoxy groups -OCH3 is 1. The average Bonchev–Trinajstić information content (AvgIpc) is 2.36. The third-order valence-electron chi connectivity index (χ3n) is 3.16. The largest absolute Gasteiger partial charge is 0.468 e. The molecule has 19 heavy (non-hydrogen) atoms. The summed E-state index contributed by atoms with van der Waals surface area (Å²) in [7, 11) is 1.39. The van der Waals surface area contributed by atoms with Crippen LogP contribution in [0.3, 0.4) is 0 Å². The lowest BCUT2D eigenvalue weighted by Gasteiger charge is -2.33. The van der Waals surface area contributed by atoms with Crippen LogP contribution in [0.5, 0.6) is 0 Å². The molecule has 0 spiro atoms. The van der Waals surface area contributed by atoms with E-state index in [4.69, 9.17) is 9.57 Å². The van der Waals surface area contributed by atoms with Crippen LogP contribution >= 0.6 is 15.9 Å². The van der Waals surface area contributed by atoms with Gasteiger partial charge in [0.15, 0.2) is 0 Å². The molecule has 0 aliphatic carbocycles. The Kier molecular flexibility index (Phi) is 5.80. The Labute approximate surface area is 122 Å². The van der Waals surface area contributed by atoms with Gasteiger partial charge in [0.1, 0.15) is 4.83 Å². The molecule has 0 N–H and O–H groups in total. The second-order valence-electron chi connectivity index (χ2n) is 5.82. The van der Waals surface area contributed by atoms with Crippen molar-refractivity contribution >= 4 is 27.9 Å². The van der Waals surface area contributed by atoms with E-state index in [1.807, 2.05) is 20.8 Å². The van der Waals surface area contributed by atoms with E-state index >= 15 is 0 Å². The maximum absolute atomic E-state index is 11.8. The fraction of sp³-hybridized carbons (Fsp3) is 0.846. The van der Waals surface area contributed by atoms with Gasteiger partial charge in [-0.25, -0.2) is 4.79 Å². The highest BCUT2D eigenvalue weighted by atomic mass is 79.9. The molecule has 1 unspecified atom stereocenters. The maximum atomic E-state index is 11.8. The summed E-state index contributed by atoms with van der Waals surface area (Å²) >= 11 is 3.37. The second-order valence-corrected chi connectivity index (χ2v) is 6.81. The lowest BCUT2D eigenvalue weighted by Crippen LogP contribution is -2.41. The van der Waals surface area contributed by atoms with Crippen LogP contribution in [0.2, 0.25) is 0 Å². The molecule has 1 heterocycles. The van der Waals surface area contributed by atoms with Crippen molar-refractivity contribution in [2.75, 3.05) is 20.2 Å². The van der Waals surface area contributed by atoms with Gasteiger partial charge < -0.3 is 9.57 Å². The fourth-order valence-electron chi connectivity index (χ4n) is 1.82. The van der Waals surface area contributed by atoms with Crippen molar-refractivity contribution in [3.05, 3.63) is 0 Å². The molecule has 0 bridgehead atoms. The van der Waals surface area contributed by atoms with Gasteiger partial charge in [-0.1, -0.05) is 15.9 Å². The van der Waals surface area contributed by atoms with Crippen molar-refractivity contribution in [3.63, 3.8) is 0 Å². The monoisotopic (exact) mass is 335 g/mol. The van der Waals surface area contributed by atoms with E-state index in [1.54, 1.807) is 5.06 Å². The number of ether oxygens (including phenoxy) is 1. The van der Waals surface area contributed by atoms with E-state index in [1.165, 1.54) is 7.11 Å². The predicted molar refractivity (Wildman–Crippen MR) is 74.6 cm³/mol. The normalized spacial score (nSPS) is 19.8. The molecule has 1 rings (SSSR count). The Hall–Kier alpha value is -0.620. The molecular formula is C13H22BrNO4. The number of alkyl halides is 1. The van der Waals surface area contributed by atoms with Gasteiger partial charge in [0.25, 0.3) is 0 Å². The number of hydroxylamine groups is 2. The number of piperidine rings is 1. The summed E-state index contributed by atoms with van der Waals surface area (Å²) in [5.74, 6) is -0.253. The minimum atomic E-state index is -0.499. The van der Waals surface area contributed by atoms with E-state index in [2.05, 4.69) is 15.9 Å². The zero-order valence-corrected chi connectivity index (χ0v) is 13.5. The summed E-state index contributed by atoms with van der Waals surface area (Å²) in [6.07, 6.45) is 1.59. The van der Waals surface area contributed by atoms with Crippen LogP contribution in [0.25, 0.3) is 0 Å². The number of halogens is 1. The molecular weight excluding hydrogens is 314 g/mol. The summed E-state index contributed by atoms with van der Waals surface area (Å²) in [5, 5.41) is 1.68. The molecule has 1 aliphatic rings. The topological polar surface area (TPSA) is 55.8 Å². The van der Waals surface area contributed by atoms with E-state index < -0.39 is 5.41 Å². The number of carbonyl (C=O) groups excluding carboxylic acids is 2. The zero-order valence-electron chi connectivity index (χ0n) is 11.9. The number of hydrogen-bond acceptors (Lipinski definition) is 5. The molecule has 0 aromatic carbocycles. The van der Waals surface area contributed by atoms with Gasteiger partial charge in [-0.05, 0) is 39.5 Å². The zero-order chi connectivity index (χ0) is 14.6. The first-order valence-corrected chi connectivity index (χ1v) is 7.36. The molecule has 1 saturated heterocycles. The van der Waals surface area contributed by atoms with Gasteiger partial charge in [0.05, 0.1) is 12.5 Å². The van der Waals surface area contributed by atoms with Crippen molar-refractivity contribution in [1.29, 1.82) is 0 Å². The van der Waals surface area contributed by atoms with Crippen LogP contribution in [0, 0.1) is 11.3 Å². The van der Waals surface area contributed by atoms with Gasteiger partial charge in [-0.15, -0.1) is 5.06 Å². The highest BCUT2D eigenvalue weighted by Gasteiger charge is 2.33. The van der Waals surface area contributed by atoms with Crippen LogP contribution < -0.4 is 0 Å². The lowest BCUT2D eigenvalue weighted by atomic mass is 9.94. The van der Waals surface area contributed by atoms with Crippen LogP contribution in [0.1, 0.15) is 33.6 Å². The van der Waals surface area contributed by atoms with E-state index in [-0.39, 0.29) is 22.7 Å². The Morgan fingerprint density at radius 3 is 2.21 bits per heavy atom. The first-order chi connectivity index (χ1) is 8.75. The van der Waals surface area contributed by atoms with Gasteiger partial charge in [-0.3, -0.25) is 4.79 Å². The van der Waals surface area contributed by atoms with Crippen LogP contribution in [0.4, 0.5) is 0 Å². The first kappa shape index (κ1) is 16.4. The van der Waals surface area contributed by atoms with E-state index in [0.717, 1.165) is 12.8 Å². The Morgan fingerprint density at radius 1 is 1.26 bits per heavy atom. The molecule has 1 aliphatic heterocycles. The molecule has 6 heteroatoms. The predicted octanol–water partition coefficient (Wildman–Crippen LogP) is 2.14. The van der Waals surface area contributed by atoms with Crippen molar-refractivity contribution in [2.45, 2.75) is 38.4 Å². The minimum absolute atomic E-state index is 0.219. The molecule has 1 fully saturated rings. The fourth-order valence-corrected chi connectivity index (χ4v) is 2.53. The smallest absolute Gasteiger partial charge is 0.330 e. The Bertz CT molecular complexity index is 332. The first-order valence-electron chi connectivity index (χ1n) is 6.45. The van der Waals surface area contributed by atoms with E-state index in [9.17, 15) is 9.59 Å². The third-order valence-corrected chi connectivity index (χ3v) is 4.28. The van der Waals surface area contributed by atoms with Gasteiger partial charge in [-0.2, -0.15) is 0 Å². The number of hydrogen-bond donors (Lipinski definition) is 0. The second kappa shape index (κ2) is 6.70. The molecule has 0 aromatic heterocycles. The lowest BCUT2D eigenvalue weighted by molar-refractivity contribution is -0.206. The average molecular weight is 336 g/mol. The standard InChI is InChI=1S/C13H22BrNO4/c1-13(2,3)12(17)19-15-7-5-9(6-8-15)10(14)11(16)18-4/h9-10H,5-8H2,1-4H3. The summed E-state index contributed by atoms with van der Waals surface area (Å²) in [4.78, 5) is 28.2. The molecule has 0 amide bonds. The Morgan fingerprint density at radius 2 is 1.79 bits per heavy atom. The van der Waals surface area contributed by atoms with Crippen molar-refractivity contribution in [2.24, 2.45) is 11.3 Å². The van der Waals surface area contributed by atoms with Gasteiger partial charge in [0, 0.05) is 13.1 Å². The number of rotatable bonds is 3. The number of nitrogens with zero attached hydrogens (tertiary/aromatic N) is 1. The van der Waals surface area contributed by atoms with Crippen molar-refractivity contribution in [3.8, 4) is 0 Å². The van der Waals surface area contributed by atoms with Crippen molar-refractivity contribution < 1.29 is 19.2 Å². The van der Waals surface area contributed by atoms with Crippen LogP contribution in [0.15, 0.2) is 0 Å². The minimum Gasteiger partial charge on any atom is -0.468 e. The summed E-state index contributed by atoms with van der Waals surface area (Å²) in [6.45, 7) is 6.77. The molecule has 1 atom stereocenters. The summed E-state index contributed by atoms with van der Waals surface area (Å²) in [5.41, 5.74) is -0.499. The van der Waals surface area contributed by atoms with Gasteiger partial charge in [0.2, 0.25) is 0 Å². The molecule has 0 saturated carbocycles. The Balaban J connectivity index is 2.41. The summed E-state index contributed by atoms with van der Waals surface area (Å²) in [6, 6.07) is 0. The SMILES string of the molecule is COC(=O)C(Br)C1CCN(OC(=O)C(C)(C)C)CC1. The quantitative estimate of drug-likeness (QED) is 0.584. The molecule has 0 radical (unpaired) electrons. The maximum Gasteiger partial charge on any atom is 0.330 e. The van der Waals surface area contributed by atoms with Crippen LogP contribution in [-0.2, 0) is 19.2 Å². The number of carbonyl (C=O) groups is 2. The highest BCUT2D eigenvalue weighted by Crippen LogP contribution is 2.27. The highest BCUT2D eigenvalue weighted by molar-refractivity contribution is 9.10. The molecule has 110 valence electrons. The third kappa shape index (κ3) is 4.76. The molecule has 0 aromatic rings. The number of esters is 1.